The summed E-state index contributed by atoms with van der Waals surface area (Å²) < 4.78 is 5.42. The van der Waals surface area contributed by atoms with Gasteiger partial charge in [0, 0.05) is 11.1 Å². The Balaban J connectivity index is 1.95. The van der Waals surface area contributed by atoms with Crippen LogP contribution in [0, 0.1) is 0 Å². The van der Waals surface area contributed by atoms with Crippen molar-refractivity contribution >= 4 is 17.5 Å². The monoisotopic (exact) mass is 417 g/mol. The quantitative estimate of drug-likeness (QED) is 0.232. The van der Waals surface area contributed by atoms with Crippen molar-refractivity contribution in [3.8, 4) is 0 Å². The van der Waals surface area contributed by atoms with Crippen LogP contribution in [0.5, 0.6) is 0 Å². The maximum atomic E-state index is 12.9. The van der Waals surface area contributed by atoms with Crippen LogP contribution in [0.15, 0.2) is 53.8 Å². The zero-order valence-corrected chi connectivity index (χ0v) is 16.4. The van der Waals surface area contributed by atoms with Crippen LogP contribution in [0.2, 0.25) is 0 Å². The van der Waals surface area contributed by atoms with Crippen molar-refractivity contribution in [3.63, 3.8) is 0 Å². The number of carbonyl (C=O) groups excluding carboxylic acids is 3. The largest absolute Gasteiger partial charge is 0.467 e. The van der Waals surface area contributed by atoms with Crippen LogP contribution in [0.25, 0.3) is 0 Å². The molecule has 2 heterocycles. The molecular weight excluding hydrogens is 394 g/mol. The van der Waals surface area contributed by atoms with E-state index in [0.717, 1.165) is 0 Å². The van der Waals surface area contributed by atoms with Crippen molar-refractivity contribution in [2.75, 3.05) is 0 Å². The second-order valence-corrected chi connectivity index (χ2v) is 7.25. The maximum absolute atomic E-state index is 12.9. The Bertz CT molecular complexity index is 940. The summed E-state index contributed by atoms with van der Waals surface area (Å²) in [6.45, 7) is 3.07. The number of hydrogen-bond acceptors (Lipinski definition) is 8. The van der Waals surface area contributed by atoms with Gasteiger partial charge in [-0.3, -0.25) is 14.4 Å². The fourth-order valence-corrected chi connectivity index (χ4v) is 3.58. The minimum Gasteiger partial charge on any atom is -0.467 e. The number of amides is 1. The molecule has 0 aliphatic carbocycles. The first-order valence-corrected chi connectivity index (χ1v) is 9.41. The van der Waals surface area contributed by atoms with Crippen LogP contribution in [0.3, 0.4) is 0 Å². The summed E-state index contributed by atoms with van der Waals surface area (Å²) in [7, 11) is 0. The fraction of sp³-hybridized carbons (Fsp3) is 0.381. The fourth-order valence-electron chi connectivity index (χ4n) is 3.58. The highest BCUT2D eigenvalue weighted by molar-refractivity contribution is 6.23. The third-order valence-electron chi connectivity index (χ3n) is 5.28. The second kappa shape index (κ2) is 7.77. The van der Waals surface area contributed by atoms with E-state index in [0.29, 0.717) is 6.42 Å². The molecule has 1 aromatic rings. The summed E-state index contributed by atoms with van der Waals surface area (Å²) in [6.07, 6.45) is -1.98. The number of aliphatic hydroxyl groups is 4. The predicted octanol–water partition coefficient (Wildman–Crippen LogP) is -0.651. The van der Waals surface area contributed by atoms with E-state index in [1.54, 1.807) is 12.1 Å². The lowest BCUT2D eigenvalue weighted by Crippen LogP contribution is -2.59. The molecule has 9 heteroatoms. The normalized spacial score (nSPS) is 30.7. The Hall–Kier alpha value is -2.85. The van der Waals surface area contributed by atoms with Gasteiger partial charge in [-0.2, -0.15) is 0 Å². The Kier molecular flexibility index (Phi) is 5.66. The van der Waals surface area contributed by atoms with E-state index < -0.39 is 52.9 Å². The molecule has 2 aliphatic heterocycles. The number of ether oxygens (including phenoxy) is 1. The van der Waals surface area contributed by atoms with Gasteiger partial charge in [-0.25, -0.2) is 0 Å². The number of ketones is 2. The van der Waals surface area contributed by atoms with Crippen LogP contribution < -0.4 is 5.32 Å². The third-order valence-corrected chi connectivity index (χ3v) is 5.28. The lowest BCUT2D eigenvalue weighted by atomic mass is 9.85. The molecule has 1 spiro atoms. The number of allylic oxidation sites excluding steroid dienone is 1. The van der Waals surface area contributed by atoms with E-state index >= 15 is 0 Å². The summed E-state index contributed by atoms with van der Waals surface area (Å²) in [6, 6.07) is 7.43. The topological polar surface area (TPSA) is 153 Å². The molecule has 1 aromatic carbocycles. The van der Waals surface area contributed by atoms with E-state index in [1.165, 1.54) is 37.3 Å². The van der Waals surface area contributed by atoms with Crippen LogP contribution in [-0.4, -0.2) is 67.5 Å². The average molecular weight is 417 g/mol. The van der Waals surface area contributed by atoms with E-state index in [-0.39, 0.29) is 11.1 Å². The smallest absolute Gasteiger partial charge is 0.278 e. The van der Waals surface area contributed by atoms with Crippen molar-refractivity contribution in [3.05, 3.63) is 59.4 Å². The number of benzene rings is 1. The van der Waals surface area contributed by atoms with Crippen molar-refractivity contribution in [2.45, 2.75) is 49.9 Å². The number of Topliss-reactive ketones (excluding diaryl/α,β-unsaturated/α-hetero) is 2. The van der Waals surface area contributed by atoms with Crippen LogP contribution >= 0.6 is 0 Å². The maximum Gasteiger partial charge on any atom is 0.278 e. The summed E-state index contributed by atoms with van der Waals surface area (Å²) in [5, 5.41) is 44.1. The molecule has 1 amide bonds. The van der Waals surface area contributed by atoms with Gasteiger partial charge < -0.3 is 30.5 Å². The highest BCUT2D eigenvalue weighted by Gasteiger charge is 2.73. The Morgan fingerprint density at radius 1 is 1.27 bits per heavy atom. The van der Waals surface area contributed by atoms with E-state index in [1.807, 2.05) is 12.2 Å². The van der Waals surface area contributed by atoms with Gasteiger partial charge in [0.1, 0.15) is 18.0 Å². The van der Waals surface area contributed by atoms with E-state index in [4.69, 9.17) is 4.74 Å². The van der Waals surface area contributed by atoms with Crippen molar-refractivity contribution in [1.29, 1.82) is 0 Å². The number of carbonyl (C=O) groups is 3. The SMILES string of the molecule is CC/C=C\[C@H](O)[C@H](O)C1=C(C)C(=O)[C@]2(O1)C(=O)N[C@@](O)(C(=O)c1ccccc1)[C@@H]2O. The van der Waals surface area contributed by atoms with Gasteiger partial charge in [0.2, 0.25) is 17.3 Å². The van der Waals surface area contributed by atoms with Crippen molar-refractivity contribution < 1.29 is 39.5 Å². The Morgan fingerprint density at radius 3 is 2.50 bits per heavy atom. The molecule has 1 saturated heterocycles. The summed E-state index contributed by atoms with van der Waals surface area (Å²) in [5.41, 5.74) is -5.70. The van der Waals surface area contributed by atoms with E-state index in [9.17, 15) is 34.8 Å². The standard InChI is InChI=1S/C21H23NO8/c1-3-4-10-13(23)14(24)15-11(2)16(25)20(30-15)18(27)21(29,22-19(20)28)17(26)12-8-6-5-7-9-12/h4-10,13-14,18,23-24,27,29H,3H2,1-2H3,(H,22,28)/b10-4-/t13-,14-,18+,20+,21+/m0/s1. The molecule has 0 bridgehead atoms. The first-order valence-electron chi connectivity index (χ1n) is 9.41. The first-order chi connectivity index (χ1) is 14.1. The minimum absolute atomic E-state index is 0.00749. The minimum atomic E-state index is -2.82. The van der Waals surface area contributed by atoms with Crippen molar-refractivity contribution in [1.82, 2.24) is 5.32 Å². The van der Waals surface area contributed by atoms with Crippen LogP contribution in [0.1, 0.15) is 30.6 Å². The Labute approximate surface area is 172 Å². The summed E-state index contributed by atoms with van der Waals surface area (Å²) >= 11 is 0. The zero-order chi connectivity index (χ0) is 22.3. The molecule has 0 unspecified atom stereocenters. The van der Waals surface area contributed by atoms with Gasteiger partial charge in [0.15, 0.2) is 6.10 Å². The van der Waals surface area contributed by atoms with E-state index in [2.05, 4.69) is 0 Å². The highest BCUT2D eigenvalue weighted by Crippen LogP contribution is 2.43. The van der Waals surface area contributed by atoms with Gasteiger partial charge in [0.05, 0.1) is 0 Å². The Morgan fingerprint density at radius 2 is 1.90 bits per heavy atom. The highest BCUT2D eigenvalue weighted by atomic mass is 16.6. The lowest BCUT2D eigenvalue weighted by molar-refractivity contribution is -0.161. The van der Waals surface area contributed by atoms with Gasteiger partial charge in [-0.1, -0.05) is 49.4 Å². The molecule has 160 valence electrons. The van der Waals surface area contributed by atoms with Crippen LogP contribution in [0.4, 0.5) is 0 Å². The molecule has 2 aliphatic rings. The molecule has 0 aromatic heterocycles. The molecule has 0 saturated carbocycles. The summed E-state index contributed by atoms with van der Waals surface area (Å²) in [4.78, 5) is 38.4. The lowest BCUT2D eigenvalue weighted by Gasteiger charge is -2.30. The van der Waals surface area contributed by atoms with Gasteiger partial charge in [0.25, 0.3) is 11.5 Å². The number of nitrogens with one attached hydrogen (secondary N) is 1. The molecule has 3 rings (SSSR count). The second-order valence-electron chi connectivity index (χ2n) is 7.25. The van der Waals surface area contributed by atoms with Gasteiger partial charge in [-0.05, 0) is 13.3 Å². The third kappa shape index (κ3) is 3.07. The van der Waals surface area contributed by atoms with Crippen LogP contribution in [-0.2, 0) is 14.3 Å². The van der Waals surface area contributed by atoms with Gasteiger partial charge >= 0.3 is 0 Å². The molecule has 30 heavy (non-hydrogen) atoms. The first kappa shape index (κ1) is 21.8. The molecule has 0 radical (unpaired) electrons. The molecule has 5 N–H and O–H groups in total. The van der Waals surface area contributed by atoms with Crippen molar-refractivity contribution in [2.24, 2.45) is 0 Å². The number of hydrogen-bond donors (Lipinski definition) is 5. The molecule has 5 atom stereocenters. The molecule has 9 nitrogen and oxygen atoms in total. The molecule has 1 fully saturated rings. The number of rotatable bonds is 6. The summed E-state index contributed by atoms with van der Waals surface area (Å²) in [5.74, 6) is -3.70. The predicted molar refractivity (Wildman–Crippen MR) is 103 cm³/mol. The average Bonchev–Trinajstić information content (AvgIpc) is 3.13. The molecular formula is C21H23NO8. The van der Waals surface area contributed by atoms with Gasteiger partial charge in [-0.15, -0.1) is 0 Å². The zero-order valence-electron chi connectivity index (χ0n) is 16.4. The number of aliphatic hydroxyl groups excluding tert-OH is 3.